The first-order valence-corrected chi connectivity index (χ1v) is 8.97. The average Bonchev–Trinajstić information content (AvgIpc) is 2.43. The zero-order chi connectivity index (χ0) is 19.3. The quantitative estimate of drug-likeness (QED) is 0.590. The van der Waals surface area contributed by atoms with Crippen LogP contribution in [0.25, 0.3) is 0 Å². The Kier molecular flexibility index (Phi) is 7.42. The van der Waals surface area contributed by atoms with Crippen LogP contribution in [0.4, 0.5) is 14.5 Å². The number of carbonyl (C=O) groups excluding carboxylic acids is 1. The van der Waals surface area contributed by atoms with Crippen LogP contribution in [0.15, 0.2) is 17.0 Å². The zero-order valence-corrected chi connectivity index (χ0v) is 15.4. The highest BCUT2D eigenvalue weighted by molar-refractivity contribution is 7.89. The van der Waals surface area contributed by atoms with Gasteiger partial charge in [-0.05, 0) is 26.8 Å². The van der Waals surface area contributed by atoms with Gasteiger partial charge in [0.2, 0.25) is 15.9 Å². The Hall–Kier alpha value is -1.62. The van der Waals surface area contributed by atoms with E-state index in [1.807, 2.05) is 0 Å². The molecule has 0 saturated carbocycles. The number of anilines is 1. The van der Waals surface area contributed by atoms with Gasteiger partial charge in [0.05, 0.1) is 18.8 Å². The monoisotopic (exact) mass is 379 g/mol. The van der Waals surface area contributed by atoms with Gasteiger partial charge in [-0.25, -0.2) is 21.9 Å². The Morgan fingerprint density at radius 2 is 1.84 bits per heavy atom. The van der Waals surface area contributed by atoms with Gasteiger partial charge in [-0.2, -0.15) is 0 Å². The summed E-state index contributed by atoms with van der Waals surface area (Å²) in [6.45, 7) is 5.41. The van der Waals surface area contributed by atoms with E-state index in [-0.39, 0.29) is 6.54 Å². The Bertz CT molecular complexity index is 718. The van der Waals surface area contributed by atoms with E-state index >= 15 is 0 Å². The smallest absolute Gasteiger partial charge is 0.244 e. The minimum Gasteiger partial charge on any atom is -0.383 e. The molecule has 142 valence electrons. The summed E-state index contributed by atoms with van der Waals surface area (Å²) >= 11 is 0. The molecule has 0 fully saturated rings. The van der Waals surface area contributed by atoms with Gasteiger partial charge >= 0.3 is 0 Å². The van der Waals surface area contributed by atoms with Gasteiger partial charge in [0, 0.05) is 25.3 Å². The number of carbonyl (C=O) groups is 1. The summed E-state index contributed by atoms with van der Waals surface area (Å²) < 4.78 is 59.3. The maximum Gasteiger partial charge on any atom is 0.244 e. The molecule has 1 amide bonds. The zero-order valence-electron chi connectivity index (χ0n) is 14.6. The summed E-state index contributed by atoms with van der Waals surface area (Å²) in [6, 6.07) is 1.18. The Labute approximate surface area is 146 Å². The highest BCUT2D eigenvalue weighted by Gasteiger charge is 2.26. The van der Waals surface area contributed by atoms with Crippen molar-refractivity contribution in [1.29, 1.82) is 0 Å². The van der Waals surface area contributed by atoms with Crippen molar-refractivity contribution in [3.05, 3.63) is 23.8 Å². The maximum atomic E-state index is 13.9. The highest BCUT2D eigenvalue weighted by atomic mass is 32.2. The minimum atomic E-state index is -4.22. The minimum absolute atomic E-state index is 0.136. The van der Waals surface area contributed by atoms with Gasteiger partial charge in [-0.1, -0.05) is 0 Å². The normalized spacial score (nSPS) is 12.2. The van der Waals surface area contributed by atoms with Crippen LogP contribution in [0, 0.1) is 11.6 Å². The van der Waals surface area contributed by atoms with Crippen molar-refractivity contribution < 1.29 is 26.7 Å². The molecule has 1 aromatic carbocycles. The van der Waals surface area contributed by atoms with Crippen molar-refractivity contribution in [2.75, 3.05) is 32.1 Å². The molecule has 0 aliphatic rings. The van der Waals surface area contributed by atoms with E-state index in [0.29, 0.717) is 19.2 Å². The molecule has 0 aliphatic carbocycles. The Balaban J connectivity index is 2.98. The van der Waals surface area contributed by atoms with E-state index in [4.69, 9.17) is 4.74 Å². The molecule has 0 spiro atoms. The van der Waals surface area contributed by atoms with Crippen LogP contribution < -0.4 is 15.4 Å². The lowest BCUT2D eigenvalue weighted by Crippen LogP contribution is -2.40. The average molecular weight is 379 g/mol. The molecule has 1 rings (SSSR count). The molecule has 0 heterocycles. The lowest BCUT2D eigenvalue weighted by molar-refractivity contribution is -0.115. The third kappa shape index (κ3) is 7.02. The lowest BCUT2D eigenvalue weighted by Gasteiger charge is -2.21. The van der Waals surface area contributed by atoms with Gasteiger partial charge in [0.1, 0.15) is 16.5 Å². The largest absolute Gasteiger partial charge is 0.383 e. The van der Waals surface area contributed by atoms with Crippen LogP contribution in [0.5, 0.6) is 0 Å². The standard InChI is InChI=1S/C15H23F2N3O4S/c1-15(2,3)20-25(22,23)13-8-12(10(16)7-11(13)17)19-14(21)9-18-5-6-24-4/h7-8,18,20H,5-6,9H2,1-4H3,(H,19,21). The van der Waals surface area contributed by atoms with Crippen LogP contribution in [0.3, 0.4) is 0 Å². The molecule has 0 aromatic heterocycles. The van der Waals surface area contributed by atoms with Crippen LogP contribution >= 0.6 is 0 Å². The first kappa shape index (κ1) is 21.4. The van der Waals surface area contributed by atoms with Gasteiger partial charge in [0.25, 0.3) is 0 Å². The number of rotatable bonds is 8. The van der Waals surface area contributed by atoms with Crippen molar-refractivity contribution in [1.82, 2.24) is 10.0 Å². The third-order valence-electron chi connectivity index (χ3n) is 2.79. The fourth-order valence-corrected chi connectivity index (χ4v) is 3.36. The summed E-state index contributed by atoms with van der Waals surface area (Å²) in [5.74, 6) is -2.92. The molecule has 1 aromatic rings. The van der Waals surface area contributed by atoms with Crippen molar-refractivity contribution in [2.24, 2.45) is 0 Å². The van der Waals surface area contributed by atoms with Crippen molar-refractivity contribution in [3.63, 3.8) is 0 Å². The maximum absolute atomic E-state index is 13.9. The number of hydrogen-bond acceptors (Lipinski definition) is 5. The second-order valence-corrected chi connectivity index (χ2v) is 7.99. The molecule has 7 nitrogen and oxygen atoms in total. The first-order chi connectivity index (χ1) is 11.5. The van der Waals surface area contributed by atoms with E-state index < -0.39 is 43.7 Å². The van der Waals surface area contributed by atoms with E-state index in [1.54, 1.807) is 20.8 Å². The fourth-order valence-electron chi connectivity index (χ4n) is 1.86. The summed E-state index contributed by atoms with van der Waals surface area (Å²) in [4.78, 5) is 11.0. The Morgan fingerprint density at radius 3 is 2.40 bits per heavy atom. The predicted octanol–water partition coefficient (Wildman–Crippen LogP) is 1.22. The lowest BCUT2D eigenvalue weighted by atomic mass is 10.1. The van der Waals surface area contributed by atoms with Crippen molar-refractivity contribution in [2.45, 2.75) is 31.2 Å². The SMILES string of the molecule is COCCNCC(=O)Nc1cc(S(=O)(=O)NC(C)(C)C)c(F)cc1F. The molecule has 25 heavy (non-hydrogen) atoms. The van der Waals surface area contributed by atoms with Crippen LogP contribution in [-0.4, -0.2) is 46.7 Å². The second kappa shape index (κ2) is 8.65. The van der Waals surface area contributed by atoms with Gasteiger partial charge in [-0.3, -0.25) is 4.79 Å². The van der Waals surface area contributed by atoms with Crippen LogP contribution in [-0.2, 0) is 19.6 Å². The summed E-state index contributed by atoms with van der Waals surface area (Å²) in [5.41, 5.74) is -1.27. The Morgan fingerprint density at radius 1 is 1.20 bits per heavy atom. The molecule has 0 saturated heterocycles. The number of halogens is 2. The van der Waals surface area contributed by atoms with Gasteiger partial charge < -0.3 is 15.4 Å². The molecule has 0 radical (unpaired) electrons. The molecular formula is C15H23F2N3O4S. The number of methoxy groups -OCH3 is 1. The number of amides is 1. The van der Waals surface area contributed by atoms with Crippen LogP contribution in [0.2, 0.25) is 0 Å². The molecule has 3 N–H and O–H groups in total. The number of nitrogens with one attached hydrogen (secondary N) is 3. The molecule has 0 atom stereocenters. The highest BCUT2D eigenvalue weighted by Crippen LogP contribution is 2.24. The van der Waals surface area contributed by atoms with Crippen molar-refractivity contribution >= 4 is 21.6 Å². The molecule has 0 bridgehead atoms. The molecular weight excluding hydrogens is 356 g/mol. The van der Waals surface area contributed by atoms with Gasteiger partial charge in [-0.15, -0.1) is 0 Å². The fraction of sp³-hybridized carbons (Fsp3) is 0.533. The number of benzene rings is 1. The molecule has 0 unspecified atom stereocenters. The van der Waals surface area contributed by atoms with E-state index in [2.05, 4.69) is 15.4 Å². The van der Waals surface area contributed by atoms with Gasteiger partial charge in [0.15, 0.2) is 0 Å². The molecule has 10 heteroatoms. The van der Waals surface area contributed by atoms with Crippen LogP contribution in [0.1, 0.15) is 20.8 Å². The number of sulfonamides is 1. The number of ether oxygens (including phenoxy) is 1. The van der Waals surface area contributed by atoms with E-state index in [9.17, 15) is 22.0 Å². The first-order valence-electron chi connectivity index (χ1n) is 7.49. The predicted molar refractivity (Wildman–Crippen MR) is 89.8 cm³/mol. The van der Waals surface area contributed by atoms with Crippen molar-refractivity contribution in [3.8, 4) is 0 Å². The van der Waals surface area contributed by atoms with E-state index in [1.165, 1.54) is 7.11 Å². The summed E-state index contributed by atoms with van der Waals surface area (Å²) in [6.07, 6.45) is 0. The number of hydrogen-bond donors (Lipinski definition) is 3. The molecule has 0 aliphatic heterocycles. The summed E-state index contributed by atoms with van der Waals surface area (Å²) in [7, 11) is -2.72. The second-order valence-electron chi connectivity index (χ2n) is 6.34. The van der Waals surface area contributed by atoms with E-state index in [0.717, 1.165) is 6.07 Å². The topological polar surface area (TPSA) is 96.5 Å². The summed E-state index contributed by atoms with van der Waals surface area (Å²) in [5, 5.41) is 4.96. The third-order valence-corrected chi connectivity index (χ3v) is 4.57.